The molecule has 0 saturated heterocycles. The van der Waals surface area contributed by atoms with E-state index in [0.717, 1.165) is 12.0 Å². The van der Waals surface area contributed by atoms with E-state index in [1.165, 1.54) is 10.5 Å². The maximum absolute atomic E-state index is 12.5. The minimum atomic E-state index is -0.0337. The summed E-state index contributed by atoms with van der Waals surface area (Å²) in [4.78, 5) is 13.8. The molecule has 0 heterocycles. The van der Waals surface area contributed by atoms with Crippen molar-refractivity contribution in [3.05, 3.63) is 53.6 Å². The number of nitrogens with one attached hydrogen (secondary N) is 2. The molecule has 0 aliphatic rings. The van der Waals surface area contributed by atoms with Gasteiger partial charge in [0, 0.05) is 6.42 Å². The molecule has 152 valence electrons. The van der Waals surface area contributed by atoms with Gasteiger partial charge in [0.1, 0.15) is 6.04 Å². The molecular formula is C22H31N2O4+. The van der Waals surface area contributed by atoms with E-state index in [0.29, 0.717) is 29.8 Å². The zero-order valence-corrected chi connectivity index (χ0v) is 17.4. The highest BCUT2D eigenvalue weighted by molar-refractivity contribution is 5.79. The van der Waals surface area contributed by atoms with Crippen LogP contribution in [0.1, 0.15) is 11.1 Å². The maximum atomic E-state index is 12.5. The Morgan fingerprint density at radius 2 is 1.57 bits per heavy atom. The SMILES string of the molecule is COc1cc(CC(=O)NC[C@@H](Cc2ccccc2)[NH+](C)C)cc(OC)c1OC. The lowest BCUT2D eigenvalue weighted by atomic mass is 10.0. The normalized spacial score (nSPS) is 11.8. The van der Waals surface area contributed by atoms with Crippen molar-refractivity contribution in [2.24, 2.45) is 0 Å². The van der Waals surface area contributed by atoms with Gasteiger partial charge in [-0.3, -0.25) is 4.79 Å². The Balaban J connectivity index is 2.00. The van der Waals surface area contributed by atoms with E-state index in [2.05, 4.69) is 31.5 Å². The second kappa shape index (κ2) is 10.6. The summed E-state index contributed by atoms with van der Waals surface area (Å²) in [6.07, 6.45) is 1.16. The number of rotatable bonds is 10. The lowest BCUT2D eigenvalue weighted by molar-refractivity contribution is -0.884. The lowest BCUT2D eigenvalue weighted by Gasteiger charge is -2.22. The van der Waals surface area contributed by atoms with Gasteiger partial charge in [-0.15, -0.1) is 0 Å². The Morgan fingerprint density at radius 1 is 0.964 bits per heavy atom. The number of hydrogen-bond acceptors (Lipinski definition) is 4. The van der Waals surface area contributed by atoms with Gasteiger partial charge in [0.05, 0.1) is 48.4 Å². The van der Waals surface area contributed by atoms with Crippen molar-refractivity contribution in [2.45, 2.75) is 18.9 Å². The monoisotopic (exact) mass is 387 g/mol. The smallest absolute Gasteiger partial charge is 0.224 e. The molecule has 0 bridgehead atoms. The average Bonchev–Trinajstić information content (AvgIpc) is 2.70. The average molecular weight is 388 g/mol. The Hall–Kier alpha value is -2.73. The third-order valence-electron chi connectivity index (χ3n) is 4.78. The molecular weight excluding hydrogens is 356 g/mol. The van der Waals surface area contributed by atoms with Crippen molar-refractivity contribution in [3.8, 4) is 17.2 Å². The molecule has 0 unspecified atom stereocenters. The lowest BCUT2D eigenvalue weighted by Crippen LogP contribution is -3.11. The summed E-state index contributed by atoms with van der Waals surface area (Å²) in [7, 11) is 8.91. The molecule has 1 atom stereocenters. The van der Waals surface area contributed by atoms with Crippen LogP contribution in [-0.2, 0) is 17.6 Å². The highest BCUT2D eigenvalue weighted by Gasteiger charge is 2.18. The van der Waals surface area contributed by atoms with Crippen LogP contribution in [0, 0.1) is 0 Å². The Morgan fingerprint density at radius 3 is 2.07 bits per heavy atom. The van der Waals surface area contributed by atoms with Crippen LogP contribution in [-0.4, -0.2) is 53.9 Å². The van der Waals surface area contributed by atoms with Gasteiger partial charge in [-0.25, -0.2) is 0 Å². The van der Waals surface area contributed by atoms with Crippen molar-refractivity contribution in [1.29, 1.82) is 0 Å². The number of quaternary nitrogens is 1. The summed E-state index contributed by atoms with van der Waals surface area (Å²) in [5, 5.41) is 3.06. The minimum absolute atomic E-state index is 0.0337. The van der Waals surface area contributed by atoms with Crippen molar-refractivity contribution >= 4 is 5.91 Å². The molecule has 0 aromatic heterocycles. The molecule has 0 aliphatic carbocycles. The summed E-state index contributed by atoms with van der Waals surface area (Å²) >= 11 is 0. The molecule has 0 aliphatic heterocycles. The molecule has 28 heavy (non-hydrogen) atoms. The fourth-order valence-corrected chi connectivity index (χ4v) is 3.10. The number of ether oxygens (including phenoxy) is 3. The first-order chi connectivity index (χ1) is 13.5. The number of hydrogen-bond donors (Lipinski definition) is 2. The van der Waals surface area contributed by atoms with Crippen LogP contribution in [0.3, 0.4) is 0 Å². The molecule has 6 heteroatoms. The van der Waals surface area contributed by atoms with E-state index in [1.54, 1.807) is 33.5 Å². The first kappa shape index (κ1) is 21.6. The van der Waals surface area contributed by atoms with Crippen LogP contribution >= 0.6 is 0 Å². The quantitative estimate of drug-likeness (QED) is 0.642. The van der Waals surface area contributed by atoms with Crippen molar-refractivity contribution < 1.29 is 23.9 Å². The molecule has 0 radical (unpaired) electrons. The molecule has 0 saturated carbocycles. The summed E-state index contributed by atoms with van der Waals surface area (Å²) in [5.74, 6) is 1.58. The van der Waals surface area contributed by atoms with E-state index in [4.69, 9.17) is 14.2 Å². The molecule has 0 spiro atoms. The highest BCUT2D eigenvalue weighted by atomic mass is 16.5. The Kier molecular flexibility index (Phi) is 8.14. The zero-order chi connectivity index (χ0) is 20.5. The number of likely N-dealkylation sites (N-methyl/N-ethyl adjacent to an activating group) is 1. The van der Waals surface area contributed by atoms with Crippen LogP contribution in [0.4, 0.5) is 0 Å². The van der Waals surface area contributed by atoms with Gasteiger partial charge in [-0.1, -0.05) is 30.3 Å². The van der Waals surface area contributed by atoms with Crippen molar-refractivity contribution in [1.82, 2.24) is 5.32 Å². The van der Waals surface area contributed by atoms with Gasteiger partial charge in [-0.2, -0.15) is 0 Å². The van der Waals surface area contributed by atoms with E-state index < -0.39 is 0 Å². The predicted molar refractivity (Wildman–Crippen MR) is 110 cm³/mol. The van der Waals surface area contributed by atoms with Crippen LogP contribution in [0.25, 0.3) is 0 Å². The molecule has 2 aromatic carbocycles. The van der Waals surface area contributed by atoms with Crippen molar-refractivity contribution in [2.75, 3.05) is 42.0 Å². The molecule has 6 nitrogen and oxygen atoms in total. The van der Waals surface area contributed by atoms with Gasteiger partial charge in [0.15, 0.2) is 11.5 Å². The Bertz CT molecular complexity index is 737. The number of methoxy groups -OCH3 is 3. The van der Waals surface area contributed by atoms with E-state index in [1.807, 2.05) is 18.2 Å². The second-order valence-corrected chi connectivity index (χ2v) is 6.98. The number of carbonyl (C=O) groups is 1. The van der Waals surface area contributed by atoms with Crippen LogP contribution in [0.2, 0.25) is 0 Å². The summed E-state index contributed by atoms with van der Waals surface area (Å²) in [5.41, 5.74) is 2.08. The first-order valence-corrected chi connectivity index (χ1v) is 9.38. The van der Waals surface area contributed by atoms with E-state index >= 15 is 0 Å². The molecule has 0 fully saturated rings. The van der Waals surface area contributed by atoms with Gasteiger partial charge in [-0.05, 0) is 23.3 Å². The third kappa shape index (κ3) is 5.89. The molecule has 2 N–H and O–H groups in total. The second-order valence-electron chi connectivity index (χ2n) is 6.98. The van der Waals surface area contributed by atoms with E-state index in [-0.39, 0.29) is 12.3 Å². The summed E-state index contributed by atoms with van der Waals surface area (Å²) in [6.45, 7) is 0.612. The van der Waals surface area contributed by atoms with Crippen LogP contribution in [0.15, 0.2) is 42.5 Å². The fraction of sp³-hybridized carbons (Fsp3) is 0.409. The molecule has 2 rings (SSSR count). The van der Waals surface area contributed by atoms with Gasteiger partial charge in [0.25, 0.3) is 0 Å². The maximum Gasteiger partial charge on any atom is 0.224 e. The van der Waals surface area contributed by atoms with Gasteiger partial charge < -0.3 is 24.4 Å². The van der Waals surface area contributed by atoms with Crippen LogP contribution in [0.5, 0.6) is 17.2 Å². The highest BCUT2D eigenvalue weighted by Crippen LogP contribution is 2.38. The summed E-state index contributed by atoms with van der Waals surface area (Å²) < 4.78 is 16.0. The van der Waals surface area contributed by atoms with Crippen LogP contribution < -0.4 is 24.4 Å². The molecule has 2 aromatic rings. The fourth-order valence-electron chi connectivity index (χ4n) is 3.10. The number of benzene rings is 2. The largest absolute Gasteiger partial charge is 0.493 e. The standard InChI is InChI=1S/C22H30N2O4/c1-24(2)18(11-16-9-7-6-8-10-16)15-23-21(25)14-17-12-19(26-3)22(28-5)20(13-17)27-4/h6-10,12-13,18H,11,14-15H2,1-5H3,(H,23,25)/p+1/t18-/m1/s1. The molecule has 1 amide bonds. The third-order valence-corrected chi connectivity index (χ3v) is 4.78. The predicted octanol–water partition coefficient (Wildman–Crippen LogP) is 1.13. The van der Waals surface area contributed by atoms with Gasteiger partial charge in [0.2, 0.25) is 11.7 Å². The number of amides is 1. The topological polar surface area (TPSA) is 61.2 Å². The van der Waals surface area contributed by atoms with Crippen molar-refractivity contribution in [3.63, 3.8) is 0 Å². The van der Waals surface area contributed by atoms with E-state index in [9.17, 15) is 4.79 Å². The summed E-state index contributed by atoms with van der Waals surface area (Å²) in [6, 6.07) is 14.2. The Labute approximate surface area is 167 Å². The number of carbonyl (C=O) groups excluding carboxylic acids is 1. The van der Waals surface area contributed by atoms with Gasteiger partial charge >= 0.3 is 0 Å². The first-order valence-electron chi connectivity index (χ1n) is 9.38. The zero-order valence-electron chi connectivity index (χ0n) is 17.4. The minimum Gasteiger partial charge on any atom is -0.493 e.